The summed E-state index contributed by atoms with van der Waals surface area (Å²) in [7, 11) is 1.29. The summed E-state index contributed by atoms with van der Waals surface area (Å²) in [6.45, 7) is 0. The Hall–Kier alpha value is -1.00. The SMILES string of the molecule is COC(=O)CC(O)C1=CC=CCC1=S. The molecule has 0 saturated carbocycles. The van der Waals surface area contributed by atoms with Gasteiger partial charge in [-0.1, -0.05) is 30.4 Å². The van der Waals surface area contributed by atoms with Gasteiger partial charge in [-0.05, 0) is 5.57 Å². The summed E-state index contributed by atoms with van der Waals surface area (Å²) < 4.78 is 4.46. The maximum atomic E-state index is 10.9. The maximum Gasteiger partial charge on any atom is 0.308 e. The van der Waals surface area contributed by atoms with Gasteiger partial charge in [-0.25, -0.2) is 0 Å². The summed E-state index contributed by atoms with van der Waals surface area (Å²) in [6, 6.07) is 0. The fourth-order valence-electron chi connectivity index (χ4n) is 1.21. The number of rotatable bonds is 3. The van der Waals surface area contributed by atoms with Crippen molar-refractivity contribution in [2.45, 2.75) is 18.9 Å². The number of hydrogen-bond donors (Lipinski definition) is 1. The fourth-order valence-corrected chi connectivity index (χ4v) is 1.51. The van der Waals surface area contributed by atoms with Crippen molar-refractivity contribution in [1.82, 2.24) is 0 Å². The summed E-state index contributed by atoms with van der Waals surface area (Å²) in [5.41, 5.74) is 0.646. The van der Waals surface area contributed by atoms with Crippen LogP contribution in [0, 0.1) is 0 Å². The van der Waals surface area contributed by atoms with Gasteiger partial charge in [0, 0.05) is 11.3 Å². The molecule has 0 radical (unpaired) electrons. The van der Waals surface area contributed by atoms with Gasteiger partial charge < -0.3 is 9.84 Å². The number of thiocarbonyl (C=S) groups is 1. The van der Waals surface area contributed by atoms with Gasteiger partial charge in [-0.15, -0.1) is 0 Å². The van der Waals surface area contributed by atoms with E-state index in [0.29, 0.717) is 16.9 Å². The largest absolute Gasteiger partial charge is 0.469 e. The van der Waals surface area contributed by atoms with Crippen LogP contribution in [0.4, 0.5) is 0 Å². The molecule has 1 aliphatic rings. The average Bonchev–Trinajstić information content (AvgIpc) is 2.18. The van der Waals surface area contributed by atoms with Gasteiger partial charge in [-0.2, -0.15) is 0 Å². The molecule has 0 aromatic heterocycles. The highest BCUT2D eigenvalue weighted by atomic mass is 32.1. The Balaban J connectivity index is 2.63. The molecule has 4 heteroatoms. The molecule has 0 aromatic carbocycles. The zero-order chi connectivity index (χ0) is 10.6. The average molecular weight is 212 g/mol. The molecule has 1 N–H and O–H groups in total. The van der Waals surface area contributed by atoms with Gasteiger partial charge in [-0.3, -0.25) is 4.79 Å². The van der Waals surface area contributed by atoms with Crippen molar-refractivity contribution >= 4 is 23.1 Å². The first-order valence-corrected chi connectivity index (χ1v) is 4.70. The van der Waals surface area contributed by atoms with Crippen molar-refractivity contribution in [3.63, 3.8) is 0 Å². The predicted molar refractivity (Wildman–Crippen MR) is 57.1 cm³/mol. The van der Waals surface area contributed by atoms with E-state index < -0.39 is 12.1 Å². The van der Waals surface area contributed by atoms with Crippen LogP contribution >= 0.6 is 12.2 Å². The second-order valence-electron chi connectivity index (χ2n) is 2.97. The molecule has 1 rings (SSSR count). The smallest absolute Gasteiger partial charge is 0.308 e. The molecule has 0 aliphatic heterocycles. The third-order valence-electron chi connectivity index (χ3n) is 1.98. The topological polar surface area (TPSA) is 46.5 Å². The number of methoxy groups -OCH3 is 1. The summed E-state index contributed by atoms with van der Waals surface area (Å²) in [5, 5.41) is 9.66. The Bertz CT molecular complexity index is 304. The molecule has 1 atom stereocenters. The number of aliphatic hydroxyl groups is 1. The lowest BCUT2D eigenvalue weighted by atomic mass is 9.98. The van der Waals surface area contributed by atoms with E-state index in [9.17, 15) is 9.90 Å². The van der Waals surface area contributed by atoms with Crippen molar-refractivity contribution in [2.24, 2.45) is 0 Å². The molecule has 0 fully saturated rings. The number of carbonyl (C=O) groups is 1. The molecule has 1 aliphatic carbocycles. The predicted octanol–water partition coefficient (Wildman–Crippen LogP) is 1.17. The zero-order valence-electron chi connectivity index (χ0n) is 7.90. The maximum absolute atomic E-state index is 10.9. The standard InChI is InChI=1S/C10H12O3S/c1-13-10(12)6-8(11)7-4-2-3-5-9(7)14/h2-4,8,11H,5-6H2,1H3. The van der Waals surface area contributed by atoms with E-state index in [0.717, 1.165) is 0 Å². The van der Waals surface area contributed by atoms with Crippen molar-refractivity contribution in [3.05, 3.63) is 23.8 Å². The Kier molecular flexibility index (Phi) is 3.98. The van der Waals surface area contributed by atoms with Gasteiger partial charge in [0.1, 0.15) is 0 Å². The van der Waals surface area contributed by atoms with Gasteiger partial charge in [0.15, 0.2) is 0 Å². The Morgan fingerprint density at radius 2 is 2.50 bits per heavy atom. The van der Waals surface area contributed by atoms with E-state index in [1.807, 2.05) is 12.2 Å². The summed E-state index contributed by atoms with van der Waals surface area (Å²) in [6.07, 6.45) is 5.23. The van der Waals surface area contributed by atoms with E-state index in [4.69, 9.17) is 12.2 Å². The molecule has 14 heavy (non-hydrogen) atoms. The first-order chi connectivity index (χ1) is 6.65. The third-order valence-corrected chi connectivity index (χ3v) is 2.39. The first kappa shape index (κ1) is 11.1. The van der Waals surface area contributed by atoms with E-state index >= 15 is 0 Å². The molecule has 3 nitrogen and oxygen atoms in total. The van der Waals surface area contributed by atoms with E-state index in [-0.39, 0.29) is 6.42 Å². The van der Waals surface area contributed by atoms with Crippen LogP contribution in [0.1, 0.15) is 12.8 Å². The minimum Gasteiger partial charge on any atom is -0.469 e. The van der Waals surface area contributed by atoms with Crippen molar-refractivity contribution in [2.75, 3.05) is 7.11 Å². The van der Waals surface area contributed by atoms with Crippen LogP contribution in [-0.2, 0) is 9.53 Å². The first-order valence-electron chi connectivity index (χ1n) is 4.30. The lowest BCUT2D eigenvalue weighted by Crippen LogP contribution is -2.21. The van der Waals surface area contributed by atoms with Crippen LogP contribution in [0.3, 0.4) is 0 Å². The molecule has 0 saturated heterocycles. The van der Waals surface area contributed by atoms with E-state index in [1.165, 1.54) is 7.11 Å². The van der Waals surface area contributed by atoms with Crippen LogP contribution in [0.2, 0.25) is 0 Å². The number of allylic oxidation sites excluding steroid dienone is 3. The Labute approximate surface area is 88.1 Å². The number of aliphatic hydroxyl groups excluding tert-OH is 1. The molecule has 0 aromatic rings. The molecule has 1 unspecified atom stereocenters. The lowest BCUT2D eigenvalue weighted by Gasteiger charge is -2.15. The summed E-state index contributed by atoms with van der Waals surface area (Å²) in [5.74, 6) is -0.434. The number of carbonyl (C=O) groups excluding carboxylic acids is 1. The quantitative estimate of drug-likeness (QED) is 0.563. The van der Waals surface area contributed by atoms with E-state index in [2.05, 4.69) is 4.74 Å². The second-order valence-corrected chi connectivity index (χ2v) is 3.47. The van der Waals surface area contributed by atoms with Crippen LogP contribution in [0.15, 0.2) is 23.8 Å². The second kappa shape index (κ2) is 5.02. The molecule has 76 valence electrons. The van der Waals surface area contributed by atoms with Gasteiger partial charge in [0.25, 0.3) is 0 Å². The highest BCUT2D eigenvalue weighted by molar-refractivity contribution is 7.80. The lowest BCUT2D eigenvalue weighted by molar-refractivity contribution is -0.142. The van der Waals surface area contributed by atoms with Crippen LogP contribution in [0.25, 0.3) is 0 Å². The molecule has 0 amide bonds. The van der Waals surface area contributed by atoms with Gasteiger partial charge >= 0.3 is 5.97 Å². The van der Waals surface area contributed by atoms with Crippen LogP contribution in [0.5, 0.6) is 0 Å². The third kappa shape index (κ3) is 2.75. The number of hydrogen-bond acceptors (Lipinski definition) is 4. The van der Waals surface area contributed by atoms with Crippen LogP contribution < -0.4 is 0 Å². The summed E-state index contributed by atoms with van der Waals surface area (Å²) >= 11 is 5.06. The number of esters is 1. The number of ether oxygens (including phenoxy) is 1. The Morgan fingerprint density at radius 3 is 3.07 bits per heavy atom. The zero-order valence-corrected chi connectivity index (χ0v) is 8.71. The normalized spacial score (nSPS) is 17.6. The molecule has 0 bridgehead atoms. The molecular formula is C10H12O3S. The molecule has 0 heterocycles. The van der Waals surface area contributed by atoms with E-state index in [1.54, 1.807) is 6.08 Å². The Morgan fingerprint density at radius 1 is 1.79 bits per heavy atom. The fraction of sp³-hybridized carbons (Fsp3) is 0.400. The molecular weight excluding hydrogens is 200 g/mol. The summed E-state index contributed by atoms with van der Waals surface area (Å²) in [4.78, 5) is 11.6. The minimum atomic E-state index is -0.847. The molecule has 0 spiro atoms. The monoisotopic (exact) mass is 212 g/mol. The highest BCUT2D eigenvalue weighted by Crippen LogP contribution is 2.16. The minimum absolute atomic E-state index is 0.0453. The van der Waals surface area contributed by atoms with Crippen molar-refractivity contribution in [1.29, 1.82) is 0 Å². The highest BCUT2D eigenvalue weighted by Gasteiger charge is 2.19. The van der Waals surface area contributed by atoms with Crippen molar-refractivity contribution < 1.29 is 14.6 Å². The van der Waals surface area contributed by atoms with Crippen molar-refractivity contribution in [3.8, 4) is 0 Å². The van der Waals surface area contributed by atoms with Gasteiger partial charge in [0.05, 0.1) is 19.6 Å². The van der Waals surface area contributed by atoms with Crippen LogP contribution in [-0.4, -0.2) is 29.2 Å². The van der Waals surface area contributed by atoms with Gasteiger partial charge in [0.2, 0.25) is 0 Å².